The monoisotopic (exact) mass is 702 g/mol. The standard InChI is InChI=1S/C41H30N6O6/c1-3-5-10-26-14-16-30-28(22-26)38(48)44-18-7-12-32(44)36-34(42-24-46(30)36)40(50)52-20-9-21-53-41(51)35-37-33-13-8-19-45(33)39(49)29-23-27(11-6-4-2)15-17-31(29)47(37)25-43-35/h1-2,14-17,22-25,32-33H,7-9,12-13,18-21H2/t32-,33-/m0/s1. The van der Waals surface area contributed by atoms with Gasteiger partial charge < -0.3 is 19.3 Å². The summed E-state index contributed by atoms with van der Waals surface area (Å²) in [4.78, 5) is 66.5. The highest BCUT2D eigenvalue weighted by Gasteiger charge is 2.42. The van der Waals surface area contributed by atoms with E-state index in [0.29, 0.717) is 70.9 Å². The van der Waals surface area contributed by atoms with Crippen molar-refractivity contribution in [1.29, 1.82) is 0 Å². The third kappa shape index (κ3) is 5.68. The molecular weight excluding hydrogens is 672 g/mol. The summed E-state index contributed by atoms with van der Waals surface area (Å²) >= 11 is 0. The molecular formula is C41H30N6O6. The number of carbonyl (C=O) groups is 4. The van der Waals surface area contributed by atoms with Crippen molar-refractivity contribution in [2.75, 3.05) is 26.3 Å². The SMILES string of the molecule is C#CC#Cc1ccc2c(c1)C(=O)N1CCC[C@H]1c1c(C(=O)OCCCOC(=O)c3ncn4c3[C@@H]3CCCN3C(=O)c3cc(C#CC#C)ccc3-4)ncn1-2. The van der Waals surface area contributed by atoms with Crippen molar-refractivity contribution in [2.45, 2.75) is 44.2 Å². The predicted octanol–water partition coefficient (Wildman–Crippen LogP) is 4.01. The second kappa shape index (κ2) is 13.6. The molecule has 53 heavy (non-hydrogen) atoms. The van der Waals surface area contributed by atoms with Crippen LogP contribution < -0.4 is 0 Å². The van der Waals surface area contributed by atoms with E-state index in [4.69, 9.17) is 22.3 Å². The Morgan fingerprint density at radius 3 is 1.60 bits per heavy atom. The van der Waals surface area contributed by atoms with Gasteiger partial charge in [-0.3, -0.25) is 18.7 Å². The molecule has 2 atom stereocenters. The zero-order valence-electron chi connectivity index (χ0n) is 28.4. The van der Waals surface area contributed by atoms with Gasteiger partial charge in [-0.2, -0.15) is 0 Å². The number of amides is 2. The van der Waals surface area contributed by atoms with Crippen molar-refractivity contribution in [2.24, 2.45) is 0 Å². The molecule has 12 nitrogen and oxygen atoms in total. The maximum Gasteiger partial charge on any atom is 0.358 e. The molecule has 0 unspecified atom stereocenters. The molecule has 2 amide bonds. The number of terminal acetylenes is 2. The van der Waals surface area contributed by atoms with E-state index in [0.717, 1.165) is 12.8 Å². The number of carbonyl (C=O) groups excluding carboxylic acids is 4. The number of fused-ring (bicyclic) bond motifs is 10. The molecule has 260 valence electrons. The molecule has 12 heteroatoms. The molecule has 4 aromatic rings. The minimum Gasteiger partial charge on any atom is -0.461 e. The number of hydrogen-bond acceptors (Lipinski definition) is 8. The second-order valence-corrected chi connectivity index (χ2v) is 12.9. The molecule has 4 aliphatic heterocycles. The molecule has 0 radical (unpaired) electrons. The smallest absolute Gasteiger partial charge is 0.358 e. The number of ether oxygens (including phenoxy) is 2. The number of aromatic nitrogens is 4. The molecule has 0 aliphatic carbocycles. The lowest BCUT2D eigenvalue weighted by atomic mass is 10.1. The van der Waals surface area contributed by atoms with E-state index >= 15 is 0 Å². The minimum absolute atomic E-state index is 0.0377. The van der Waals surface area contributed by atoms with Crippen LogP contribution in [0.1, 0.15) is 108 Å². The summed E-state index contributed by atoms with van der Waals surface area (Å²) in [6.45, 7) is 1.01. The van der Waals surface area contributed by atoms with Gasteiger partial charge in [0.15, 0.2) is 11.4 Å². The Balaban J connectivity index is 0.957. The molecule has 4 aliphatic rings. The topological polar surface area (TPSA) is 129 Å². The Bertz CT molecular complexity index is 2280. The van der Waals surface area contributed by atoms with Crippen molar-refractivity contribution in [3.05, 3.63) is 94.1 Å². The minimum atomic E-state index is -0.637. The lowest BCUT2D eigenvalue weighted by Gasteiger charge is -2.23. The molecule has 0 bridgehead atoms. The van der Waals surface area contributed by atoms with Crippen LogP contribution in [-0.4, -0.2) is 79.0 Å². The van der Waals surface area contributed by atoms with Crippen LogP contribution in [0.5, 0.6) is 0 Å². The third-order valence-corrected chi connectivity index (χ3v) is 9.94. The molecule has 0 saturated carbocycles. The van der Waals surface area contributed by atoms with E-state index in [-0.39, 0.29) is 54.9 Å². The summed E-state index contributed by atoms with van der Waals surface area (Å²) in [6, 6.07) is 9.81. The Morgan fingerprint density at radius 2 is 1.17 bits per heavy atom. The van der Waals surface area contributed by atoms with Crippen LogP contribution in [0.15, 0.2) is 49.1 Å². The summed E-state index contributed by atoms with van der Waals surface area (Å²) in [6.07, 6.45) is 16.8. The van der Waals surface area contributed by atoms with Crippen molar-refractivity contribution in [3.8, 4) is 59.7 Å². The zero-order valence-corrected chi connectivity index (χ0v) is 28.4. The van der Waals surface area contributed by atoms with Crippen LogP contribution in [-0.2, 0) is 9.47 Å². The van der Waals surface area contributed by atoms with E-state index in [2.05, 4.69) is 45.5 Å². The Morgan fingerprint density at radius 1 is 0.717 bits per heavy atom. The Hall–Kier alpha value is -7.02. The van der Waals surface area contributed by atoms with E-state index < -0.39 is 11.9 Å². The van der Waals surface area contributed by atoms with Gasteiger partial charge in [-0.15, -0.1) is 12.8 Å². The number of hydrogen-bond donors (Lipinski definition) is 0. The van der Waals surface area contributed by atoms with Gasteiger partial charge in [-0.1, -0.05) is 11.8 Å². The summed E-state index contributed by atoms with van der Waals surface area (Å²) in [5.74, 6) is 13.9. The number of rotatable bonds is 6. The van der Waals surface area contributed by atoms with Gasteiger partial charge in [0, 0.05) is 30.6 Å². The predicted molar refractivity (Wildman–Crippen MR) is 190 cm³/mol. The van der Waals surface area contributed by atoms with Gasteiger partial charge in [-0.25, -0.2) is 19.6 Å². The van der Waals surface area contributed by atoms with Crippen molar-refractivity contribution in [1.82, 2.24) is 28.9 Å². The first-order valence-corrected chi connectivity index (χ1v) is 17.2. The molecule has 8 rings (SSSR count). The summed E-state index contributed by atoms with van der Waals surface area (Å²) in [5.41, 5.74) is 4.74. The molecule has 2 aromatic heterocycles. The first-order valence-electron chi connectivity index (χ1n) is 17.2. The number of benzene rings is 2. The Labute approximate surface area is 305 Å². The van der Waals surface area contributed by atoms with Gasteiger partial charge in [0.2, 0.25) is 0 Å². The van der Waals surface area contributed by atoms with Crippen LogP contribution in [0.3, 0.4) is 0 Å². The van der Waals surface area contributed by atoms with E-state index in [1.165, 1.54) is 12.7 Å². The van der Waals surface area contributed by atoms with Gasteiger partial charge in [0.1, 0.15) is 12.7 Å². The van der Waals surface area contributed by atoms with Crippen LogP contribution >= 0.6 is 0 Å². The van der Waals surface area contributed by atoms with Crippen molar-refractivity contribution in [3.63, 3.8) is 0 Å². The summed E-state index contributed by atoms with van der Waals surface area (Å²) in [7, 11) is 0. The maximum atomic E-state index is 13.7. The Kier molecular flexibility index (Phi) is 8.51. The molecule has 2 saturated heterocycles. The van der Waals surface area contributed by atoms with E-state index in [1.807, 2.05) is 0 Å². The number of imidazole rings is 2. The molecule has 0 spiro atoms. The van der Waals surface area contributed by atoms with Crippen LogP contribution in [0, 0.1) is 48.4 Å². The summed E-state index contributed by atoms with van der Waals surface area (Å²) < 4.78 is 14.8. The zero-order chi connectivity index (χ0) is 36.6. The number of nitrogens with zero attached hydrogens (tertiary/aromatic N) is 6. The lowest BCUT2D eigenvalue weighted by molar-refractivity contribution is 0.0382. The van der Waals surface area contributed by atoms with Gasteiger partial charge in [0.25, 0.3) is 11.8 Å². The molecule has 2 aromatic carbocycles. The molecule has 0 N–H and O–H groups in total. The highest BCUT2D eigenvalue weighted by atomic mass is 16.5. The number of esters is 2. The van der Waals surface area contributed by atoms with Crippen LogP contribution in [0.2, 0.25) is 0 Å². The first-order chi connectivity index (χ1) is 25.9. The summed E-state index contributed by atoms with van der Waals surface area (Å²) in [5, 5.41) is 0. The van der Waals surface area contributed by atoms with Crippen LogP contribution in [0.4, 0.5) is 0 Å². The van der Waals surface area contributed by atoms with Crippen molar-refractivity contribution < 1.29 is 28.7 Å². The van der Waals surface area contributed by atoms with Gasteiger partial charge in [-0.05, 0) is 85.8 Å². The third-order valence-electron chi connectivity index (χ3n) is 9.94. The largest absolute Gasteiger partial charge is 0.461 e. The maximum absolute atomic E-state index is 13.7. The van der Waals surface area contributed by atoms with E-state index in [1.54, 1.807) is 55.3 Å². The quantitative estimate of drug-likeness (QED) is 0.168. The lowest BCUT2D eigenvalue weighted by Crippen LogP contribution is -2.30. The highest BCUT2D eigenvalue weighted by Crippen LogP contribution is 2.41. The van der Waals surface area contributed by atoms with Gasteiger partial charge in [0.05, 0.1) is 59.2 Å². The molecule has 2 fully saturated rings. The highest BCUT2D eigenvalue weighted by molar-refractivity contribution is 6.01. The first kappa shape index (κ1) is 33.1. The van der Waals surface area contributed by atoms with Gasteiger partial charge >= 0.3 is 11.9 Å². The fourth-order valence-corrected chi connectivity index (χ4v) is 7.68. The fourth-order valence-electron chi connectivity index (χ4n) is 7.68. The molecule has 6 heterocycles. The average Bonchev–Trinajstić information content (AvgIpc) is 3.99. The average molecular weight is 703 g/mol. The van der Waals surface area contributed by atoms with E-state index in [9.17, 15) is 19.2 Å². The van der Waals surface area contributed by atoms with Crippen molar-refractivity contribution >= 4 is 23.8 Å². The van der Waals surface area contributed by atoms with Crippen LogP contribution in [0.25, 0.3) is 11.4 Å². The second-order valence-electron chi connectivity index (χ2n) is 12.9. The fraction of sp³-hybridized carbons (Fsp3) is 0.268. The normalized spacial score (nSPS) is 17.4.